The van der Waals surface area contributed by atoms with E-state index in [1.807, 2.05) is 43.3 Å². The minimum Gasteiger partial charge on any atom is -0.492 e. The van der Waals surface area contributed by atoms with Crippen molar-refractivity contribution < 1.29 is 23.8 Å². The predicted molar refractivity (Wildman–Crippen MR) is 132 cm³/mol. The fourth-order valence-corrected chi connectivity index (χ4v) is 3.87. The van der Waals surface area contributed by atoms with Crippen molar-refractivity contribution in [3.63, 3.8) is 0 Å². The highest BCUT2D eigenvalue weighted by molar-refractivity contribution is 6.24. The lowest BCUT2D eigenvalue weighted by atomic mass is 9.90. The van der Waals surface area contributed by atoms with Gasteiger partial charge in [-0.2, -0.15) is 0 Å². The highest BCUT2D eigenvalue weighted by Gasteiger charge is 2.35. The summed E-state index contributed by atoms with van der Waals surface area (Å²) in [5, 5.41) is 11.8. The molecule has 1 aliphatic rings. The number of halogens is 1. The molecule has 0 aliphatic carbocycles. The number of hydrogen-bond acceptors (Lipinski definition) is 5. The Bertz CT molecular complexity index is 1250. The van der Waals surface area contributed by atoms with Gasteiger partial charge in [0.1, 0.15) is 24.1 Å². The number of likely N-dealkylation sites (N-methyl/N-ethyl adjacent to an activating group) is 1. The maximum atomic E-state index is 13.8. The van der Waals surface area contributed by atoms with Gasteiger partial charge in [-0.15, -0.1) is 0 Å². The van der Waals surface area contributed by atoms with Crippen molar-refractivity contribution in [1.29, 1.82) is 0 Å². The van der Waals surface area contributed by atoms with E-state index in [1.165, 1.54) is 12.1 Å². The SMILES string of the molecule is CN(C)CCOc1ccc(N=C(c2ccc(CC(=O)O)cc2)C2C(=O)Nc3cc(F)ccc32)cc1. The lowest BCUT2D eigenvalue weighted by molar-refractivity contribution is -0.136. The number of ether oxygens (including phenoxy) is 1. The monoisotopic (exact) mass is 475 g/mol. The summed E-state index contributed by atoms with van der Waals surface area (Å²) in [6.07, 6.45) is -0.103. The molecule has 7 nitrogen and oxygen atoms in total. The number of amides is 1. The van der Waals surface area contributed by atoms with Gasteiger partial charge in [0, 0.05) is 12.2 Å². The lowest BCUT2D eigenvalue weighted by Gasteiger charge is -2.15. The van der Waals surface area contributed by atoms with Gasteiger partial charge in [0.2, 0.25) is 5.91 Å². The largest absolute Gasteiger partial charge is 0.492 e. The second kappa shape index (κ2) is 10.5. The summed E-state index contributed by atoms with van der Waals surface area (Å²) in [6.45, 7) is 1.35. The van der Waals surface area contributed by atoms with E-state index < -0.39 is 17.7 Å². The average molecular weight is 476 g/mol. The molecule has 0 radical (unpaired) electrons. The number of nitrogens with one attached hydrogen (secondary N) is 1. The zero-order chi connectivity index (χ0) is 24.9. The zero-order valence-corrected chi connectivity index (χ0v) is 19.5. The van der Waals surface area contributed by atoms with Gasteiger partial charge in [-0.1, -0.05) is 30.3 Å². The van der Waals surface area contributed by atoms with Crippen LogP contribution >= 0.6 is 0 Å². The molecule has 0 saturated heterocycles. The molecule has 3 aromatic carbocycles. The molecule has 1 amide bonds. The van der Waals surface area contributed by atoms with Gasteiger partial charge in [0.25, 0.3) is 0 Å². The van der Waals surface area contributed by atoms with E-state index in [9.17, 15) is 14.0 Å². The molecule has 0 bridgehead atoms. The summed E-state index contributed by atoms with van der Waals surface area (Å²) < 4.78 is 19.5. The van der Waals surface area contributed by atoms with Gasteiger partial charge < -0.3 is 20.1 Å². The number of nitrogens with zero attached hydrogens (tertiary/aromatic N) is 2. The van der Waals surface area contributed by atoms with Crippen LogP contribution in [0, 0.1) is 5.82 Å². The number of benzene rings is 3. The molecule has 1 atom stereocenters. The minimum atomic E-state index is -0.925. The standard InChI is InChI=1S/C27H26FN3O4/c1-31(2)13-14-35-21-10-8-20(9-11-21)29-26(18-5-3-17(4-6-18)15-24(32)33)25-22-12-7-19(28)16-23(22)30-27(25)34/h3-12,16,25H,13-15H2,1-2H3,(H,30,34)(H,32,33). The molecule has 1 aliphatic heterocycles. The molecule has 0 aromatic heterocycles. The van der Waals surface area contributed by atoms with Crippen molar-refractivity contribution in [3.05, 3.63) is 89.2 Å². The summed E-state index contributed by atoms with van der Waals surface area (Å²) >= 11 is 0. The molecule has 0 spiro atoms. The Kier molecular flexibility index (Phi) is 7.22. The van der Waals surface area contributed by atoms with Gasteiger partial charge in [0.05, 0.1) is 17.8 Å². The van der Waals surface area contributed by atoms with E-state index in [4.69, 9.17) is 14.8 Å². The summed E-state index contributed by atoms with van der Waals surface area (Å²) in [7, 11) is 3.95. The molecule has 4 rings (SSSR count). The molecule has 0 saturated carbocycles. The van der Waals surface area contributed by atoms with Crippen LogP contribution in [-0.4, -0.2) is 54.8 Å². The maximum absolute atomic E-state index is 13.8. The van der Waals surface area contributed by atoms with E-state index in [0.29, 0.717) is 46.1 Å². The summed E-state index contributed by atoms with van der Waals surface area (Å²) in [5.41, 5.74) is 3.46. The van der Waals surface area contributed by atoms with Gasteiger partial charge >= 0.3 is 5.97 Å². The average Bonchev–Trinajstić information content (AvgIpc) is 3.13. The Morgan fingerprint density at radius 1 is 1.09 bits per heavy atom. The number of carboxylic acids is 1. The van der Waals surface area contributed by atoms with E-state index in [0.717, 1.165) is 6.54 Å². The second-order valence-corrected chi connectivity index (χ2v) is 8.56. The number of hydrogen-bond donors (Lipinski definition) is 2. The molecule has 3 aromatic rings. The zero-order valence-electron chi connectivity index (χ0n) is 19.5. The van der Waals surface area contributed by atoms with Crippen molar-refractivity contribution in [1.82, 2.24) is 4.90 Å². The summed E-state index contributed by atoms with van der Waals surface area (Å²) in [4.78, 5) is 30.9. The third-order valence-corrected chi connectivity index (χ3v) is 5.62. The quantitative estimate of drug-likeness (QED) is 0.452. The first-order valence-electron chi connectivity index (χ1n) is 11.2. The van der Waals surface area contributed by atoms with Crippen molar-refractivity contribution in [3.8, 4) is 5.75 Å². The van der Waals surface area contributed by atoms with Crippen LogP contribution in [-0.2, 0) is 16.0 Å². The topological polar surface area (TPSA) is 91.2 Å². The van der Waals surface area contributed by atoms with E-state index >= 15 is 0 Å². The van der Waals surface area contributed by atoms with Crippen LogP contribution in [0.25, 0.3) is 0 Å². The molecule has 1 unspecified atom stereocenters. The van der Waals surface area contributed by atoms with E-state index in [1.54, 1.807) is 30.3 Å². The number of aliphatic carboxylic acids is 1. The first-order chi connectivity index (χ1) is 16.8. The number of carbonyl (C=O) groups excluding carboxylic acids is 1. The number of carbonyl (C=O) groups is 2. The van der Waals surface area contributed by atoms with Crippen LogP contribution in [0.15, 0.2) is 71.7 Å². The Labute approximate surface area is 202 Å². The highest BCUT2D eigenvalue weighted by Crippen LogP contribution is 2.37. The first-order valence-corrected chi connectivity index (χ1v) is 11.2. The van der Waals surface area contributed by atoms with E-state index in [-0.39, 0.29) is 12.3 Å². The van der Waals surface area contributed by atoms with Crippen molar-refractivity contribution in [2.24, 2.45) is 4.99 Å². The van der Waals surface area contributed by atoms with Gasteiger partial charge in [-0.3, -0.25) is 14.6 Å². The van der Waals surface area contributed by atoms with Gasteiger partial charge in [-0.05, 0) is 67.2 Å². The molecule has 1 heterocycles. The van der Waals surface area contributed by atoms with E-state index in [2.05, 4.69) is 5.32 Å². The molecule has 2 N–H and O–H groups in total. The fourth-order valence-electron chi connectivity index (χ4n) is 3.87. The normalized spacial score (nSPS) is 15.1. The van der Waals surface area contributed by atoms with Gasteiger partial charge in [0.15, 0.2) is 0 Å². The fraction of sp³-hybridized carbons (Fsp3) is 0.222. The second-order valence-electron chi connectivity index (χ2n) is 8.56. The van der Waals surface area contributed by atoms with Crippen LogP contribution in [0.1, 0.15) is 22.6 Å². The first kappa shape index (κ1) is 24.1. The smallest absolute Gasteiger partial charge is 0.307 e. The molecule has 8 heteroatoms. The molecular weight excluding hydrogens is 449 g/mol. The van der Waals surface area contributed by atoms with Crippen LogP contribution in [0.3, 0.4) is 0 Å². The van der Waals surface area contributed by atoms with Crippen molar-refractivity contribution >= 4 is 29.0 Å². The Balaban J connectivity index is 1.69. The minimum absolute atomic E-state index is 0.103. The highest BCUT2D eigenvalue weighted by atomic mass is 19.1. The number of rotatable bonds is 9. The number of fused-ring (bicyclic) bond motifs is 1. The Morgan fingerprint density at radius 2 is 1.80 bits per heavy atom. The molecule has 0 fully saturated rings. The molecule has 180 valence electrons. The van der Waals surface area contributed by atoms with Gasteiger partial charge in [-0.25, -0.2) is 4.39 Å². The number of aliphatic imine (C=N–C) groups is 1. The predicted octanol–water partition coefficient (Wildman–Crippen LogP) is 4.25. The van der Waals surface area contributed by atoms with Crippen LogP contribution in [0.2, 0.25) is 0 Å². The Morgan fingerprint density at radius 3 is 2.46 bits per heavy atom. The van der Waals surface area contributed by atoms with Crippen LogP contribution in [0.4, 0.5) is 15.8 Å². The third-order valence-electron chi connectivity index (χ3n) is 5.62. The summed E-state index contributed by atoms with van der Waals surface area (Å²) in [5.74, 6) is -1.70. The van der Waals surface area contributed by atoms with Crippen molar-refractivity contribution in [2.45, 2.75) is 12.3 Å². The summed E-state index contributed by atoms with van der Waals surface area (Å²) in [6, 6.07) is 18.4. The number of carboxylic acid groups (broad SMARTS) is 1. The van der Waals surface area contributed by atoms with Crippen molar-refractivity contribution in [2.75, 3.05) is 32.6 Å². The molecular formula is C27H26FN3O4. The maximum Gasteiger partial charge on any atom is 0.307 e. The number of anilines is 1. The lowest BCUT2D eigenvalue weighted by Crippen LogP contribution is -2.22. The van der Waals surface area contributed by atoms with Crippen LogP contribution in [0.5, 0.6) is 5.75 Å². The third kappa shape index (κ3) is 5.91. The molecule has 35 heavy (non-hydrogen) atoms. The Hall–Kier alpha value is -4.04. The van der Waals surface area contributed by atoms with Crippen LogP contribution < -0.4 is 10.1 Å².